The lowest BCUT2D eigenvalue weighted by Crippen LogP contribution is -2.47. The molecule has 116 valence electrons. The summed E-state index contributed by atoms with van der Waals surface area (Å²) in [5.41, 5.74) is -0.456. The van der Waals surface area contributed by atoms with Crippen LogP contribution in [0, 0.1) is 11.8 Å². The van der Waals surface area contributed by atoms with Crippen molar-refractivity contribution >= 4 is 6.09 Å². The number of aliphatic hydroxyl groups excluding tert-OH is 1. The SMILES string of the molecule is CC1CCC(O)C(C2CCCN2C(=O)OC(C)(C)C)C1. The van der Waals surface area contributed by atoms with Gasteiger partial charge in [-0.15, -0.1) is 0 Å². The number of aliphatic hydroxyl groups is 1. The molecule has 4 unspecified atom stereocenters. The van der Waals surface area contributed by atoms with Crippen LogP contribution in [0.3, 0.4) is 0 Å². The summed E-state index contributed by atoms with van der Waals surface area (Å²) in [5, 5.41) is 10.3. The number of rotatable bonds is 1. The van der Waals surface area contributed by atoms with E-state index in [0.29, 0.717) is 5.92 Å². The molecule has 4 nitrogen and oxygen atoms in total. The molecular weight excluding hydrogens is 254 g/mol. The fourth-order valence-corrected chi connectivity index (χ4v) is 3.61. The highest BCUT2D eigenvalue weighted by atomic mass is 16.6. The van der Waals surface area contributed by atoms with Crippen LogP contribution in [0.2, 0.25) is 0 Å². The van der Waals surface area contributed by atoms with Gasteiger partial charge in [-0.25, -0.2) is 4.79 Å². The molecular formula is C16H29NO3. The van der Waals surface area contributed by atoms with E-state index in [1.165, 1.54) is 0 Å². The standard InChI is InChI=1S/C16H29NO3/c1-11-7-8-14(18)12(10-11)13-6-5-9-17(13)15(19)20-16(2,3)4/h11-14,18H,5-10H2,1-4H3. The molecule has 1 saturated heterocycles. The Kier molecular flexibility index (Phi) is 4.62. The minimum atomic E-state index is -0.456. The van der Waals surface area contributed by atoms with Gasteiger partial charge in [0.05, 0.1) is 6.10 Å². The van der Waals surface area contributed by atoms with Gasteiger partial charge in [0.1, 0.15) is 5.60 Å². The van der Waals surface area contributed by atoms with E-state index in [9.17, 15) is 9.90 Å². The first-order valence-corrected chi connectivity index (χ1v) is 7.95. The number of carbonyl (C=O) groups excluding carboxylic acids is 1. The van der Waals surface area contributed by atoms with Crippen molar-refractivity contribution in [3.8, 4) is 0 Å². The highest BCUT2D eigenvalue weighted by Crippen LogP contribution is 2.37. The minimum Gasteiger partial charge on any atom is -0.444 e. The molecule has 1 saturated carbocycles. The average molecular weight is 283 g/mol. The summed E-state index contributed by atoms with van der Waals surface area (Å²) in [6, 6.07) is 0.155. The molecule has 2 aliphatic rings. The third kappa shape index (κ3) is 3.66. The average Bonchev–Trinajstić information content (AvgIpc) is 2.79. The van der Waals surface area contributed by atoms with Crippen LogP contribution in [0.4, 0.5) is 4.79 Å². The lowest BCUT2D eigenvalue weighted by molar-refractivity contribution is -0.0126. The molecule has 1 N–H and O–H groups in total. The Morgan fingerprint density at radius 2 is 1.95 bits per heavy atom. The Morgan fingerprint density at radius 1 is 1.25 bits per heavy atom. The molecule has 0 aromatic carbocycles. The zero-order valence-electron chi connectivity index (χ0n) is 13.3. The van der Waals surface area contributed by atoms with Gasteiger partial charge in [-0.05, 0) is 58.8 Å². The molecule has 2 fully saturated rings. The summed E-state index contributed by atoms with van der Waals surface area (Å²) in [7, 11) is 0. The fraction of sp³-hybridized carbons (Fsp3) is 0.938. The van der Waals surface area contributed by atoms with Crippen LogP contribution in [0.1, 0.15) is 59.8 Å². The molecule has 4 heteroatoms. The number of nitrogens with zero attached hydrogens (tertiary/aromatic N) is 1. The molecule has 20 heavy (non-hydrogen) atoms. The van der Waals surface area contributed by atoms with Crippen molar-refractivity contribution in [1.82, 2.24) is 4.90 Å². The monoisotopic (exact) mass is 283 g/mol. The van der Waals surface area contributed by atoms with Gasteiger partial charge in [0.2, 0.25) is 0 Å². The van der Waals surface area contributed by atoms with Crippen LogP contribution in [-0.4, -0.2) is 40.4 Å². The van der Waals surface area contributed by atoms with Crippen LogP contribution in [0.15, 0.2) is 0 Å². The first-order valence-electron chi connectivity index (χ1n) is 7.95. The maximum atomic E-state index is 12.3. The Labute approximate surface area is 122 Å². The first kappa shape index (κ1) is 15.6. The number of hydrogen-bond donors (Lipinski definition) is 1. The van der Waals surface area contributed by atoms with Crippen LogP contribution >= 0.6 is 0 Å². The van der Waals surface area contributed by atoms with Gasteiger partial charge in [0, 0.05) is 18.5 Å². The largest absolute Gasteiger partial charge is 0.444 e. The van der Waals surface area contributed by atoms with Crippen molar-refractivity contribution in [3.63, 3.8) is 0 Å². The number of amides is 1. The summed E-state index contributed by atoms with van der Waals surface area (Å²) in [6.07, 6.45) is 4.51. The van der Waals surface area contributed by atoms with Crippen LogP contribution in [0.5, 0.6) is 0 Å². The van der Waals surface area contributed by atoms with E-state index >= 15 is 0 Å². The highest BCUT2D eigenvalue weighted by Gasteiger charge is 2.41. The van der Waals surface area contributed by atoms with E-state index < -0.39 is 5.60 Å². The van der Waals surface area contributed by atoms with Crippen molar-refractivity contribution in [2.24, 2.45) is 11.8 Å². The van der Waals surface area contributed by atoms with Gasteiger partial charge in [-0.3, -0.25) is 0 Å². The molecule has 1 heterocycles. The van der Waals surface area contributed by atoms with E-state index in [0.717, 1.165) is 38.6 Å². The molecule has 0 spiro atoms. The van der Waals surface area contributed by atoms with Crippen molar-refractivity contribution in [1.29, 1.82) is 0 Å². The van der Waals surface area contributed by atoms with Crippen LogP contribution < -0.4 is 0 Å². The normalized spacial score (nSPS) is 35.1. The van der Waals surface area contributed by atoms with E-state index in [-0.39, 0.29) is 24.2 Å². The van der Waals surface area contributed by atoms with E-state index in [2.05, 4.69) is 6.92 Å². The first-order chi connectivity index (χ1) is 9.28. The Morgan fingerprint density at radius 3 is 2.60 bits per heavy atom. The van der Waals surface area contributed by atoms with Crippen LogP contribution in [-0.2, 0) is 4.74 Å². The minimum absolute atomic E-state index is 0.155. The van der Waals surface area contributed by atoms with Crippen molar-refractivity contribution in [2.75, 3.05) is 6.54 Å². The Bertz CT molecular complexity index is 350. The number of hydrogen-bond acceptors (Lipinski definition) is 3. The molecule has 1 aliphatic carbocycles. The molecule has 1 aliphatic heterocycles. The fourth-order valence-electron chi connectivity index (χ4n) is 3.61. The number of carbonyl (C=O) groups is 1. The zero-order valence-corrected chi connectivity index (χ0v) is 13.3. The quantitative estimate of drug-likeness (QED) is 0.804. The third-order valence-corrected chi connectivity index (χ3v) is 4.55. The van der Waals surface area contributed by atoms with Gasteiger partial charge < -0.3 is 14.7 Å². The second-order valence-electron chi connectivity index (χ2n) is 7.53. The maximum Gasteiger partial charge on any atom is 0.410 e. The second-order valence-corrected chi connectivity index (χ2v) is 7.53. The predicted octanol–water partition coefficient (Wildman–Crippen LogP) is 3.18. The molecule has 2 rings (SSSR count). The number of likely N-dealkylation sites (tertiary alicyclic amines) is 1. The van der Waals surface area contributed by atoms with Gasteiger partial charge in [0.25, 0.3) is 0 Å². The topological polar surface area (TPSA) is 49.8 Å². The number of ether oxygens (including phenoxy) is 1. The summed E-state index contributed by atoms with van der Waals surface area (Å²) in [5.74, 6) is 0.859. The van der Waals surface area contributed by atoms with E-state index in [1.54, 1.807) is 0 Å². The highest BCUT2D eigenvalue weighted by molar-refractivity contribution is 5.69. The summed E-state index contributed by atoms with van der Waals surface area (Å²) in [6.45, 7) is 8.69. The van der Waals surface area contributed by atoms with E-state index in [4.69, 9.17) is 4.74 Å². The lowest BCUT2D eigenvalue weighted by atomic mass is 9.76. The lowest BCUT2D eigenvalue weighted by Gasteiger charge is -2.39. The predicted molar refractivity (Wildman–Crippen MR) is 78.5 cm³/mol. The maximum absolute atomic E-state index is 12.3. The second kappa shape index (κ2) is 5.92. The van der Waals surface area contributed by atoms with Gasteiger partial charge in [-0.2, -0.15) is 0 Å². The van der Waals surface area contributed by atoms with Crippen molar-refractivity contribution in [3.05, 3.63) is 0 Å². The molecule has 0 bridgehead atoms. The molecule has 0 radical (unpaired) electrons. The smallest absolute Gasteiger partial charge is 0.410 e. The Hall–Kier alpha value is -0.770. The summed E-state index contributed by atoms with van der Waals surface area (Å²) >= 11 is 0. The zero-order chi connectivity index (χ0) is 14.9. The van der Waals surface area contributed by atoms with Gasteiger partial charge in [0.15, 0.2) is 0 Å². The molecule has 1 amide bonds. The van der Waals surface area contributed by atoms with Crippen LogP contribution in [0.25, 0.3) is 0 Å². The Balaban J connectivity index is 2.04. The van der Waals surface area contributed by atoms with Gasteiger partial charge in [-0.1, -0.05) is 6.92 Å². The molecule has 4 atom stereocenters. The van der Waals surface area contributed by atoms with Crippen molar-refractivity contribution in [2.45, 2.75) is 77.5 Å². The molecule has 0 aromatic rings. The summed E-state index contributed by atoms with van der Waals surface area (Å²) in [4.78, 5) is 14.2. The van der Waals surface area contributed by atoms with E-state index in [1.807, 2.05) is 25.7 Å². The van der Waals surface area contributed by atoms with Gasteiger partial charge >= 0.3 is 6.09 Å². The molecule has 0 aromatic heterocycles. The third-order valence-electron chi connectivity index (χ3n) is 4.55. The van der Waals surface area contributed by atoms with Crippen molar-refractivity contribution < 1.29 is 14.6 Å². The summed E-state index contributed by atoms with van der Waals surface area (Å²) < 4.78 is 5.51.